The van der Waals surface area contributed by atoms with E-state index in [0.29, 0.717) is 21.9 Å². The minimum Gasteiger partial charge on any atom is -0.565 e. The molecule has 0 amide bonds. The monoisotopic (exact) mass is 469 g/mol. The largest absolute Gasteiger partial charge is 1.00 e. The van der Waals surface area contributed by atoms with E-state index in [1.165, 1.54) is 12.3 Å². The van der Waals surface area contributed by atoms with E-state index >= 15 is 0 Å². The van der Waals surface area contributed by atoms with Gasteiger partial charge in [0.2, 0.25) is 6.16 Å². The molecule has 1 unspecified atom stereocenters. The number of halogens is 3. The van der Waals surface area contributed by atoms with E-state index < -0.39 is 29.7 Å². The van der Waals surface area contributed by atoms with Crippen molar-refractivity contribution in [2.75, 3.05) is 6.61 Å². The summed E-state index contributed by atoms with van der Waals surface area (Å²) in [7, 11) is -1.51. The number of hydrogen-bond donors (Lipinski definition) is 2. The zero-order valence-electron chi connectivity index (χ0n) is 15.9. The van der Waals surface area contributed by atoms with Crippen LogP contribution in [-0.2, 0) is 16.6 Å². The molecule has 0 bridgehead atoms. The summed E-state index contributed by atoms with van der Waals surface area (Å²) in [5.41, 5.74) is 2.28. The van der Waals surface area contributed by atoms with Gasteiger partial charge in [0.15, 0.2) is 11.8 Å². The third-order valence-electron chi connectivity index (χ3n) is 3.50. The number of aromatic nitrogens is 3. The van der Waals surface area contributed by atoms with Gasteiger partial charge < -0.3 is 24.7 Å². The molecule has 3 aromatic rings. The quantitative estimate of drug-likeness (QED) is 0.478. The predicted molar refractivity (Wildman–Crippen MR) is 94.8 cm³/mol. The van der Waals surface area contributed by atoms with Gasteiger partial charge in [-0.15, -0.1) is 0 Å². The standard InChI is InChI=1S/C16H14F3N3O2S.CH2O3.K/c1-10-13(20-7-6-14(10)24-9-16(17,18)19)8-25(23)15-21-11-4-2-3-5-12(11)22-15;2-1(3)4;/h2-7H,8-9H2,1H3,(H,21,22);(H2,2,3,4);/q;;+1/p-1. The fraction of sp³-hybridized carbons (Fsp3) is 0.235. The van der Waals surface area contributed by atoms with E-state index in [1.807, 2.05) is 18.2 Å². The molecule has 2 aromatic heterocycles. The molecule has 2 N–H and O–H groups in total. The van der Waals surface area contributed by atoms with Crippen molar-refractivity contribution in [3.8, 4) is 5.75 Å². The summed E-state index contributed by atoms with van der Waals surface area (Å²) in [6.45, 7) is 0.202. The number of pyridine rings is 1. The molecule has 0 saturated carbocycles. The van der Waals surface area contributed by atoms with Crippen molar-refractivity contribution >= 4 is 28.0 Å². The van der Waals surface area contributed by atoms with Gasteiger partial charge in [-0.3, -0.25) is 9.19 Å². The molecule has 1 atom stereocenters. The Kier molecular flexibility index (Phi) is 10.4. The fourth-order valence-electron chi connectivity index (χ4n) is 2.25. The number of nitrogens with zero attached hydrogens (tertiary/aromatic N) is 2. The number of hydrogen-bond acceptors (Lipinski definition) is 6. The van der Waals surface area contributed by atoms with Crippen molar-refractivity contribution in [1.82, 2.24) is 15.0 Å². The molecule has 156 valence electrons. The number of carbonyl (C=O) groups is 1. The van der Waals surface area contributed by atoms with Crippen LogP contribution in [0.3, 0.4) is 0 Å². The Morgan fingerprint density at radius 3 is 2.53 bits per heavy atom. The molecule has 0 spiro atoms. The molecule has 0 aliphatic carbocycles. The van der Waals surface area contributed by atoms with Crippen LogP contribution in [0.15, 0.2) is 41.7 Å². The normalized spacial score (nSPS) is 11.7. The zero-order valence-corrected chi connectivity index (χ0v) is 19.8. The van der Waals surface area contributed by atoms with Crippen LogP contribution in [0.4, 0.5) is 18.0 Å². The Bertz CT molecular complexity index is 992. The molecule has 13 heteroatoms. The van der Waals surface area contributed by atoms with Gasteiger partial charge in [0.1, 0.15) is 5.75 Å². The first-order valence-electron chi connectivity index (χ1n) is 7.94. The molecular formula is C17H15F3KN3O5S. The van der Waals surface area contributed by atoms with Crippen molar-refractivity contribution in [2.24, 2.45) is 0 Å². The molecule has 3 rings (SSSR count). The van der Waals surface area contributed by atoms with Crippen LogP contribution < -0.4 is 61.2 Å². The first-order chi connectivity index (χ1) is 13.6. The van der Waals surface area contributed by atoms with Crippen molar-refractivity contribution < 1.29 is 88.5 Å². The Labute approximate surface area is 213 Å². The first kappa shape index (κ1) is 26.5. The average molecular weight is 469 g/mol. The van der Waals surface area contributed by atoms with Crippen LogP contribution in [0, 0.1) is 6.92 Å². The minimum absolute atomic E-state index is 0. The average Bonchev–Trinajstić information content (AvgIpc) is 3.05. The minimum atomic E-state index is -4.42. The first-order valence-corrected chi connectivity index (χ1v) is 9.26. The van der Waals surface area contributed by atoms with Crippen molar-refractivity contribution in [3.05, 3.63) is 47.8 Å². The molecule has 0 fully saturated rings. The number of alkyl halides is 3. The van der Waals surface area contributed by atoms with Gasteiger partial charge >= 0.3 is 57.6 Å². The van der Waals surface area contributed by atoms with Gasteiger partial charge in [-0.2, -0.15) is 13.2 Å². The summed E-state index contributed by atoms with van der Waals surface area (Å²) in [5.74, 6) is 0.0958. The topological polar surface area (TPSA) is 128 Å². The number of ether oxygens (including phenoxy) is 1. The molecular weight excluding hydrogens is 454 g/mol. The zero-order chi connectivity index (χ0) is 21.6. The molecule has 30 heavy (non-hydrogen) atoms. The summed E-state index contributed by atoms with van der Waals surface area (Å²) < 4.78 is 54.2. The third-order valence-corrected chi connectivity index (χ3v) is 4.66. The fourth-order valence-corrected chi connectivity index (χ4v) is 3.35. The molecule has 0 aliphatic heterocycles. The van der Waals surface area contributed by atoms with Crippen LogP contribution in [0.5, 0.6) is 5.75 Å². The van der Waals surface area contributed by atoms with Crippen molar-refractivity contribution in [2.45, 2.75) is 24.0 Å². The molecule has 0 saturated heterocycles. The van der Waals surface area contributed by atoms with Gasteiger partial charge in [-0.25, -0.2) is 4.98 Å². The number of fused-ring (bicyclic) bond motifs is 1. The Hall–Kier alpha value is -1.51. The molecule has 0 aliphatic rings. The molecule has 0 radical (unpaired) electrons. The van der Waals surface area contributed by atoms with Gasteiger partial charge in [-0.05, 0) is 25.1 Å². The van der Waals surface area contributed by atoms with Crippen molar-refractivity contribution in [3.63, 3.8) is 0 Å². The van der Waals surface area contributed by atoms with E-state index in [0.717, 1.165) is 5.52 Å². The summed E-state index contributed by atoms with van der Waals surface area (Å²) in [6.07, 6.45) is -5.17. The Morgan fingerprint density at radius 1 is 1.30 bits per heavy atom. The maximum Gasteiger partial charge on any atom is 1.00 e. The number of benzene rings is 1. The van der Waals surface area contributed by atoms with Crippen LogP contribution in [-0.4, -0.2) is 43.2 Å². The second-order valence-corrected chi connectivity index (χ2v) is 6.97. The number of nitrogens with one attached hydrogen (secondary N) is 1. The van der Waals surface area contributed by atoms with Gasteiger partial charge in [0.25, 0.3) is 0 Å². The van der Waals surface area contributed by atoms with Crippen LogP contribution in [0.2, 0.25) is 0 Å². The van der Waals surface area contributed by atoms with E-state index in [9.17, 15) is 17.4 Å². The number of aromatic amines is 1. The number of imidazole rings is 1. The van der Waals surface area contributed by atoms with Crippen molar-refractivity contribution in [1.29, 1.82) is 0 Å². The summed E-state index contributed by atoms with van der Waals surface area (Å²) >= 11 is 0. The Balaban J connectivity index is 0.000000827. The van der Waals surface area contributed by atoms with Crippen LogP contribution in [0.1, 0.15) is 11.3 Å². The second kappa shape index (κ2) is 11.8. The van der Waals surface area contributed by atoms with E-state index in [4.69, 9.17) is 19.7 Å². The maximum absolute atomic E-state index is 12.5. The van der Waals surface area contributed by atoms with Gasteiger partial charge in [0, 0.05) is 11.8 Å². The maximum atomic E-state index is 12.5. The third kappa shape index (κ3) is 8.32. The van der Waals surface area contributed by atoms with E-state index in [1.54, 1.807) is 13.0 Å². The van der Waals surface area contributed by atoms with Crippen LogP contribution >= 0.6 is 0 Å². The van der Waals surface area contributed by atoms with Gasteiger partial charge in [-0.1, -0.05) is 12.1 Å². The molecule has 2 heterocycles. The summed E-state index contributed by atoms with van der Waals surface area (Å²) in [6, 6.07) is 8.62. The molecule has 8 nitrogen and oxygen atoms in total. The number of carboxylic acid groups (broad SMARTS) is 2. The Morgan fingerprint density at radius 2 is 1.93 bits per heavy atom. The van der Waals surface area contributed by atoms with E-state index in [2.05, 4.69) is 15.0 Å². The van der Waals surface area contributed by atoms with Gasteiger partial charge in [0.05, 0.1) is 33.3 Å². The molecule has 1 aromatic carbocycles. The number of H-pyrrole nitrogens is 1. The summed E-state index contributed by atoms with van der Waals surface area (Å²) in [4.78, 5) is 19.8. The second-order valence-electron chi connectivity index (χ2n) is 5.60. The number of para-hydroxylation sites is 2. The smallest absolute Gasteiger partial charge is 0.565 e. The predicted octanol–water partition coefficient (Wildman–Crippen LogP) is -0.593. The van der Waals surface area contributed by atoms with E-state index in [-0.39, 0.29) is 62.9 Å². The SMILES string of the molecule is Cc1c(OCC(F)(F)F)ccnc1CS(=O)c1nc2ccccc2[nH]1.O=C([O-])O.[K+]. The summed E-state index contributed by atoms with van der Waals surface area (Å²) in [5, 5.41) is 15.6. The van der Waals surface area contributed by atoms with Crippen LogP contribution in [0.25, 0.3) is 11.0 Å². The number of rotatable bonds is 5.